The number of nitriles is 4. The molecule has 4 nitrogen and oxygen atoms in total. The predicted molar refractivity (Wildman–Crippen MR) is 96.6 cm³/mol. The van der Waals surface area contributed by atoms with Crippen LogP contribution in [0.3, 0.4) is 0 Å². The maximum Gasteiger partial charge on any atom is 0.186 e. The Bertz CT molecular complexity index is 978. The molecule has 0 N–H and O–H groups in total. The number of allylic oxidation sites excluding steroid dienone is 3. The van der Waals surface area contributed by atoms with Gasteiger partial charge < -0.3 is 0 Å². The molecule has 0 amide bonds. The first-order valence-corrected chi connectivity index (χ1v) is 8.46. The molecule has 126 valence electrons. The van der Waals surface area contributed by atoms with E-state index in [1.54, 1.807) is 0 Å². The first-order valence-electron chi connectivity index (χ1n) is 8.46. The zero-order valence-electron chi connectivity index (χ0n) is 15.0. The van der Waals surface area contributed by atoms with E-state index in [2.05, 4.69) is 24.3 Å². The van der Waals surface area contributed by atoms with Gasteiger partial charge in [0.15, 0.2) is 10.8 Å². The number of benzene rings is 1. The number of rotatable bonds is 0. The Morgan fingerprint density at radius 3 is 2.08 bits per heavy atom. The topological polar surface area (TPSA) is 95.2 Å². The minimum atomic E-state index is -1.76. The quantitative estimate of drug-likeness (QED) is 0.690. The van der Waals surface area contributed by atoms with Crippen LogP contribution in [0.5, 0.6) is 0 Å². The highest BCUT2D eigenvalue weighted by molar-refractivity contribution is 5.69. The summed E-state index contributed by atoms with van der Waals surface area (Å²) in [5.74, 6) is -0.624. The van der Waals surface area contributed by atoms with Crippen LogP contribution in [-0.2, 0) is 0 Å². The Balaban J connectivity index is 2.50. The van der Waals surface area contributed by atoms with Crippen LogP contribution in [-0.4, -0.2) is 0 Å². The highest BCUT2D eigenvalue weighted by atomic mass is 14.6. The van der Waals surface area contributed by atoms with Crippen molar-refractivity contribution in [2.45, 2.75) is 33.1 Å². The summed E-state index contributed by atoms with van der Waals surface area (Å²) in [7, 11) is 0. The van der Waals surface area contributed by atoms with Gasteiger partial charge >= 0.3 is 0 Å². The summed E-state index contributed by atoms with van der Waals surface area (Å²) in [6.45, 7) is 6.10. The molecule has 1 aromatic carbocycles. The van der Waals surface area contributed by atoms with Crippen LogP contribution in [0.25, 0.3) is 6.08 Å². The summed E-state index contributed by atoms with van der Waals surface area (Å²) in [5, 5.41) is 40.0. The van der Waals surface area contributed by atoms with Crippen LogP contribution in [0.4, 0.5) is 0 Å². The van der Waals surface area contributed by atoms with Gasteiger partial charge in [-0.3, -0.25) is 0 Å². The lowest BCUT2D eigenvalue weighted by molar-refractivity contribution is 0.224. The van der Waals surface area contributed by atoms with Gasteiger partial charge in [0.2, 0.25) is 0 Å². The van der Waals surface area contributed by atoms with Gasteiger partial charge in [0, 0.05) is 12.3 Å². The van der Waals surface area contributed by atoms with Crippen LogP contribution in [0.2, 0.25) is 0 Å². The smallest absolute Gasteiger partial charge is 0.186 e. The Morgan fingerprint density at radius 2 is 1.54 bits per heavy atom. The number of hydrogen-bond acceptors (Lipinski definition) is 4. The molecule has 0 fully saturated rings. The second-order valence-electron chi connectivity index (χ2n) is 7.92. The van der Waals surface area contributed by atoms with Crippen molar-refractivity contribution in [2.75, 3.05) is 0 Å². The molecule has 0 saturated carbocycles. The van der Waals surface area contributed by atoms with Gasteiger partial charge in [-0.15, -0.1) is 0 Å². The molecule has 26 heavy (non-hydrogen) atoms. The van der Waals surface area contributed by atoms with Crippen LogP contribution < -0.4 is 0 Å². The largest absolute Gasteiger partial charge is 0.196 e. The zero-order valence-corrected chi connectivity index (χ0v) is 15.0. The lowest BCUT2D eigenvalue weighted by Crippen LogP contribution is -2.48. The van der Waals surface area contributed by atoms with Crippen molar-refractivity contribution < 1.29 is 0 Å². The maximum atomic E-state index is 10.1. The third kappa shape index (κ3) is 2.03. The van der Waals surface area contributed by atoms with Gasteiger partial charge in [0.1, 0.15) is 0 Å². The Labute approximate surface area is 153 Å². The standard InChI is InChI=1S/C22H18N4/c1-20(2,3)18-10-21(11-23,12-24)22(13-25,14-26)19-16-7-5-4-6-15(16)8-9-17(18)19/h4-9,19H,10H2,1-3H3. The average molecular weight is 338 g/mol. The molecule has 3 rings (SSSR count). The van der Waals surface area contributed by atoms with Crippen molar-refractivity contribution in [2.24, 2.45) is 16.2 Å². The third-order valence-corrected chi connectivity index (χ3v) is 5.60. The summed E-state index contributed by atoms with van der Waals surface area (Å²) < 4.78 is 0. The average Bonchev–Trinajstić information content (AvgIpc) is 2.65. The fourth-order valence-corrected chi connectivity index (χ4v) is 4.19. The third-order valence-electron chi connectivity index (χ3n) is 5.60. The molecule has 0 saturated heterocycles. The van der Waals surface area contributed by atoms with E-state index >= 15 is 0 Å². The van der Waals surface area contributed by atoms with Crippen molar-refractivity contribution >= 4 is 6.08 Å². The lowest BCUT2D eigenvalue weighted by atomic mass is 9.48. The van der Waals surface area contributed by atoms with E-state index in [1.165, 1.54) is 0 Å². The van der Waals surface area contributed by atoms with Crippen molar-refractivity contribution in [1.82, 2.24) is 0 Å². The van der Waals surface area contributed by atoms with Crippen LogP contribution in [0.15, 0.2) is 41.5 Å². The summed E-state index contributed by atoms with van der Waals surface area (Å²) in [4.78, 5) is 0. The molecule has 2 aliphatic carbocycles. The van der Waals surface area contributed by atoms with Gasteiger partial charge in [-0.25, -0.2) is 0 Å². The maximum absolute atomic E-state index is 10.1. The monoisotopic (exact) mass is 338 g/mol. The minimum absolute atomic E-state index is 0.100. The molecular formula is C22H18N4. The molecule has 1 unspecified atom stereocenters. The normalized spacial score (nSPS) is 22.0. The highest BCUT2D eigenvalue weighted by Gasteiger charge is 2.64. The second kappa shape index (κ2) is 5.59. The van der Waals surface area contributed by atoms with E-state index in [0.29, 0.717) is 0 Å². The molecule has 0 spiro atoms. The van der Waals surface area contributed by atoms with Crippen molar-refractivity contribution in [3.05, 3.63) is 52.6 Å². The molecule has 2 aliphatic rings. The molecule has 0 bridgehead atoms. The van der Waals surface area contributed by atoms with Crippen LogP contribution in [0.1, 0.15) is 44.2 Å². The summed E-state index contributed by atoms with van der Waals surface area (Å²) >= 11 is 0. The Hall–Kier alpha value is -3.34. The van der Waals surface area contributed by atoms with Crippen molar-refractivity contribution in [1.29, 1.82) is 21.0 Å². The lowest BCUT2D eigenvalue weighted by Gasteiger charge is -2.47. The van der Waals surface area contributed by atoms with Crippen molar-refractivity contribution in [3.8, 4) is 24.3 Å². The zero-order chi connectivity index (χ0) is 19.2. The first-order chi connectivity index (χ1) is 12.3. The van der Waals surface area contributed by atoms with E-state index in [4.69, 9.17) is 0 Å². The Kier molecular flexibility index (Phi) is 3.76. The highest BCUT2D eigenvalue weighted by Crippen LogP contribution is 2.62. The minimum Gasteiger partial charge on any atom is -0.196 e. The van der Waals surface area contributed by atoms with E-state index < -0.39 is 16.7 Å². The van der Waals surface area contributed by atoms with Gasteiger partial charge in [-0.2, -0.15) is 21.0 Å². The van der Waals surface area contributed by atoms with Crippen LogP contribution >= 0.6 is 0 Å². The molecule has 0 heterocycles. The number of fused-ring (bicyclic) bond motifs is 3. The molecule has 0 radical (unpaired) electrons. The molecule has 1 aromatic rings. The number of nitrogens with zero attached hydrogens (tertiary/aromatic N) is 4. The number of hydrogen-bond donors (Lipinski definition) is 0. The molecule has 4 heteroatoms. The van der Waals surface area contributed by atoms with Gasteiger partial charge in [-0.05, 0) is 22.1 Å². The summed E-state index contributed by atoms with van der Waals surface area (Å²) in [6.07, 6.45) is 4.04. The Morgan fingerprint density at radius 1 is 0.923 bits per heavy atom. The SMILES string of the molecule is CC(C)(C)C1=C2C=Cc3ccccc3C2C(C#N)(C#N)C(C#N)(C#N)C1. The summed E-state index contributed by atoms with van der Waals surface area (Å²) in [5.41, 5.74) is -0.189. The van der Waals surface area contributed by atoms with Crippen molar-refractivity contribution in [3.63, 3.8) is 0 Å². The fraction of sp³-hybridized carbons (Fsp3) is 0.364. The molecule has 1 atom stereocenters. The van der Waals surface area contributed by atoms with E-state index in [9.17, 15) is 21.0 Å². The van der Waals surface area contributed by atoms with Gasteiger partial charge in [-0.1, -0.05) is 62.8 Å². The first kappa shape index (κ1) is 17.5. The summed E-state index contributed by atoms with van der Waals surface area (Å²) in [6, 6.07) is 15.9. The molecule has 0 aromatic heterocycles. The second-order valence-corrected chi connectivity index (χ2v) is 7.92. The molecular weight excluding hydrogens is 320 g/mol. The molecule has 0 aliphatic heterocycles. The van der Waals surface area contributed by atoms with Crippen LogP contribution in [0, 0.1) is 61.6 Å². The van der Waals surface area contributed by atoms with Gasteiger partial charge in [0.05, 0.1) is 24.3 Å². The van der Waals surface area contributed by atoms with E-state index in [-0.39, 0.29) is 11.8 Å². The fourth-order valence-electron chi connectivity index (χ4n) is 4.19. The van der Waals surface area contributed by atoms with E-state index in [0.717, 1.165) is 22.3 Å². The predicted octanol–water partition coefficient (Wildman–Crippen LogP) is 4.61. The van der Waals surface area contributed by atoms with Gasteiger partial charge in [0.25, 0.3) is 0 Å². The van der Waals surface area contributed by atoms with E-state index in [1.807, 2.05) is 57.2 Å².